The number of rotatable bonds is 7. The number of sulfonamides is 1. The number of hydrogen-bond donors (Lipinski definition) is 1. The van der Waals surface area contributed by atoms with E-state index in [1.165, 1.54) is 4.31 Å². The predicted molar refractivity (Wildman–Crippen MR) is 121 cm³/mol. The zero-order chi connectivity index (χ0) is 21.8. The molecule has 0 atom stereocenters. The van der Waals surface area contributed by atoms with E-state index in [0.29, 0.717) is 36.8 Å². The van der Waals surface area contributed by atoms with Crippen LogP contribution in [0.3, 0.4) is 0 Å². The number of nitrogens with one attached hydrogen (secondary N) is 1. The van der Waals surface area contributed by atoms with Crippen LogP contribution in [-0.2, 0) is 14.8 Å². The van der Waals surface area contributed by atoms with Gasteiger partial charge in [-0.05, 0) is 41.5 Å². The summed E-state index contributed by atoms with van der Waals surface area (Å²) in [5.41, 5.74) is 1.21. The largest absolute Gasteiger partial charge is 0.486 e. The molecule has 31 heavy (non-hydrogen) atoms. The molecule has 0 aromatic heterocycles. The van der Waals surface area contributed by atoms with E-state index in [-0.39, 0.29) is 18.9 Å². The molecule has 7 nitrogen and oxygen atoms in total. The number of hydrogen-bond acceptors (Lipinski definition) is 5. The molecule has 0 spiro atoms. The number of ether oxygens (including phenoxy) is 2. The zero-order valence-corrected chi connectivity index (χ0v) is 18.0. The first-order valence-corrected chi connectivity index (χ1v) is 11.9. The summed E-state index contributed by atoms with van der Waals surface area (Å²) in [6, 6.07) is 18.7. The first-order valence-electron chi connectivity index (χ1n) is 10.1. The van der Waals surface area contributed by atoms with Crippen LogP contribution in [0.15, 0.2) is 60.7 Å². The summed E-state index contributed by atoms with van der Waals surface area (Å²) >= 11 is 0. The van der Waals surface area contributed by atoms with Gasteiger partial charge in [0, 0.05) is 24.7 Å². The zero-order valence-electron chi connectivity index (χ0n) is 17.2. The number of carbonyl (C=O) groups excluding carboxylic acids is 1. The van der Waals surface area contributed by atoms with E-state index < -0.39 is 10.0 Å². The summed E-state index contributed by atoms with van der Waals surface area (Å²) in [4.78, 5) is 12.4. The highest BCUT2D eigenvalue weighted by atomic mass is 32.2. The highest BCUT2D eigenvalue weighted by molar-refractivity contribution is 7.92. The second-order valence-corrected chi connectivity index (χ2v) is 9.28. The van der Waals surface area contributed by atoms with Crippen molar-refractivity contribution in [3.8, 4) is 11.5 Å². The summed E-state index contributed by atoms with van der Waals surface area (Å²) in [5, 5.41) is 5.03. The van der Waals surface area contributed by atoms with Gasteiger partial charge in [0.25, 0.3) is 0 Å². The summed E-state index contributed by atoms with van der Waals surface area (Å²) in [6.45, 7) is 1.07. The molecule has 1 N–H and O–H groups in total. The quantitative estimate of drug-likeness (QED) is 0.604. The maximum atomic E-state index is 12.4. The number of benzene rings is 3. The Bertz CT molecular complexity index is 1210. The van der Waals surface area contributed by atoms with Crippen molar-refractivity contribution in [3.05, 3.63) is 60.7 Å². The molecule has 0 saturated heterocycles. The molecule has 4 rings (SSSR count). The predicted octanol–water partition coefficient (Wildman–Crippen LogP) is 3.80. The van der Waals surface area contributed by atoms with Crippen LogP contribution in [-0.4, -0.2) is 40.3 Å². The fourth-order valence-electron chi connectivity index (χ4n) is 3.55. The topological polar surface area (TPSA) is 84.9 Å². The SMILES string of the molecule is CS(=O)(=O)N(CCCC(=O)Nc1ccc2ccccc2c1)c1ccc2c(c1)OCCO2. The van der Waals surface area contributed by atoms with Crippen LogP contribution in [0.25, 0.3) is 10.8 Å². The van der Waals surface area contributed by atoms with E-state index in [1.54, 1.807) is 18.2 Å². The van der Waals surface area contributed by atoms with E-state index in [4.69, 9.17) is 9.47 Å². The van der Waals surface area contributed by atoms with Gasteiger partial charge in [-0.25, -0.2) is 8.42 Å². The molecule has 0 aliphatic carbocycles. The number of amides is 1. The van der Waals surface area contributed by atoms with Crippen LogP contribution in [0.2, 0.25) is 0 Å². The second-order valence-electron chi connectivity index (χ2n) is 7.38. The molecular formula is C23H24N2O5S. The van der Waals surface area contributed by atoms with Crippen LogP contribution in [0, 0.1) is 0 Å². The third-order valence-electron chi connectivity index (χ3n) is 5.01. The molecule has 8 heteroatoms. The summed E-state index contributed by atoms with van der Waals surface area (Å²) in [5.74, 6) is 0.954. The number of carbonyl (C=O) groups is 1. The van der Waals surface area contributed by atoms with Crippen LogP contribution < -0.4 is 19.1 Å². The molecule has 0 unspecified atom stereocenters. The molecule has 3 aromatic rings. The maximum absolute atomic E-state index is 12.4. The third kappa shape index (κ3) is 5.08. The van der Waals surface area contributed by atoms with Crippen LogP contribution >= 0.6 is 0 Å². The Morgan fingerprint density at radius 1 is 0.968 bits per heavy atom. The van der Waals surface area contributed by atoms with Crippen molar-refractivity contribution in [2.75, 3.05) is 35.6 Å². The molecule has 0 fully saturated rings. The Morgan fingerprint density at radius 2 is 1.71 bits per heavy atom. The number of fused-ring (bicyclic) bond motifs is 2. The summed E-state index contributed by atoms with van der Waals surface area (Å²) < 4.78 is 37.0. The maximum Gasteiger partial charge on any atom is 0.232 e. The molecule has 1 heterocycles. The number of nitrogens with zero attached hydrogens (tertiary/aromatic N) is 1. The Hall–Kier alpha value is -3.26. The average Bonchev–Trinajstić information content (AvgIpc) is 2.75. The van der Waals surface area contributed by atoms with Crippen molar-refractivity contribution in [2.24, 2.45) is 0 Å². The highest BCUT2D eigenvalue weighted by Crippen LogP contribution is 2.34. The second kappa shape index (κ2) is 8.85. The molecule has 0 bridgehead atoms. The van der Waals surface area contributed by atoms with Gasteiger partial charge in [-0.2, -0.15) is 0 Å². The third-order valence-corrected chi connectivity index (χ3v) is 6.21. The lowest BCUT2D eigenvalue weighted by molar-refractivity contribution is -0.116. The Morgan fingerprint density at radius 3 is 2.48 bits per heavy atom. The molecule has 0 radical (unpaired) electrons. The number of anilines is 2. The molecule has 1 aliphatic rings. The molecule has 162 valence electrons. The normalized spacial score (nSPS) is 13.1. The first-order chi connectivity index (χ1) is 14.9. The molecular weight excluding hydrogens is 416 g/mol. The minimum atomic E-state index is -3.52. The molecule has 3 aromatic carbocycles. The fraction of sp³-hybridized carbons (Fsp3) is 0.261. The van der Waals surface area contributed by atoms with Gasteiger partial charge < -0.3 is 14.8 Å². The Balaban J connectivity index is 1.39. The lowest BCUT2D eigenvalue weighted by atomic mass is 10.1. The highest BCUT2D eigenvalue weighted by Gasteiger charge is 2.21. The van der Waals surface area contributed by atoms with E-state index in [1.807, 2.05) is 42.5 Å². The van der Waals surface area contributed by atoms with E-state index >= 15 is 0 Å². The standard InChI is InChI=1S/C23H24N2O5S/c1-31(27,28)25(20-10-11-21-22(16-20)30-14-13-29-21)12-4-7-23(26)24-19-9-8-17-5-2-3-6-18(17)15-19/h2-3,5-6,8-11,15-16H,4,7,12-14H2,1H3,(H,24,26). The van der Waals surface area contributed by atoms with Crippen molar-refractivity contribution in [1.82, 2.24) is 0 Å². The Labute approximate surface area is 181 Å². The van der Waals surface area contributed by atoms with Crippen molar-refractivity contribution < 1.29 is 22.7 Å². The summed E-state index contributed by atoms with van der Waals surface area (Å²) in [7, 11) is -3.52. The van der Waals surface area contributed by atoms with Crippen molar-refractivity contribution in [1.29, 1.82) is 0 Å². The van der Waals surface area contributed by atoms with Crippen LogP contribution in [0.5, 0.6) is 11.5 Å². The molecule has 1 aliphatic heterocycles. The van der Waals surface area contributed by atoms with Crippen molar-refractivity contribution in [3.63, 3.8) is 0 Å². The van der Waals surface area contributed by atoms with Crippen LogP contribution in [0.1, 0.15) is 12.8 Å². The van der Waals surface area contributed by atoms with Gasteiger partial charge in [0.1, 0.15) is 13.2 Å². The lowest BCUT2D eigenvalue weighted by Crippen LogP contribution is -2.31. The molecule has 1 amide bonds. The van der Waals surface area contributed by atoms with E-state index in [2.05, 4.69) is 5.32 Å². The van der Waals surface area contributed by atoms with Crippen LogP contribution in [0.4, 0.5) is 11.4 Å². The van der Waals surface area contributed by atoms with Gasteiger partial charge in [0.15, 0.2) is 11.5 Å². The smallest absolute Gasteiger partial charge is 0.232 e. The van der Waals surface area contributed by atoms with Gasteiger partial charge >= 0.3 is 0 Å². The van der Waals surface area contributed by atoms with E-state index in [9.17, 15) is 13.2 Å². The first kappa shape index (κ1) is 21.0. The lowest BCUT2D eigenvalue weighted by Gasteiger charge is -2.25. The Kier molecular flexibility index (Phi) is 5.99. The van der Waals surface area contributed by atoms with E-state index in [0.717, 1.165) is 22.7 Å². The minimum absolute atomic E-state index is 0.161. The van der Waals surface area contributed by atoms with Crippen molar-refractivity contribution in [2.45, 2.75) is 12.8 Å². The van der Waals surface area contributed by atoms with Gasteiger partial charge in [0.05, 0.1) is 11.9 Å². The van der Waals surface area contributed by atoms with Gasteiger partial charge in [-0.1, -0.05) is 30.3 Å². The monoisotopic (exact) mass is 440 g/mol. The molecule has 0 saturated carbocycles. The van der Waals surface area contributed by atoms with Gasteiger partial charge in [0.2, 0.25) is 15.9 Å². The fourth-order valence-corrected chi connectivity index (χ4v) is 4.50. The average molecular weight is 441 g/mol. The van der Waals surface area contributed by atoms with Crippen molar-refractivity contribution >= 4 is 38.1 Å². The van der Waals surface area contributed by atoms with Gasteiger partial charge in [-0.15, -0.1) is 0 Å². The minimum Gasteiger partial charge on any atom is -0.486 e. The van der Waals surface area contributed by atoms with Gasteiger partial charge in [-0.3, -0.25) is 9.10 Å². The summed E-state index contributed by atoms with van der Waals surface area (Å²) in [6.07, 6.45) is 1.73.